The minimum Gasteiger partial charge on any atom is -0.149 e. The predicted octanol–water partition coefficient (Wildman–Crippen LogP) is 0.728. The Morgan fingerprint density at radius 1 is 1.86 bits per heavy atom. The van der Waals surface area contributed by atoms with Crippen molar-refractivity contribution in [2.45, 2.75) is 6.92 Å². The van der Waals surface area contributed by atoms with E-state index >= 15 is 0 Å². The molecule has 1 N–H and O–H groups in total. The van der Waals surface area contributed by atoms with Gasteiger partial charge < -0.3 is 0 Å². The van der Waals surface area contributed by atoms with Gasteiger partial charge in [0, 0.05) is 6.92 Å². The Morgan fingerprint density at radius 2 is 2.57 bits per heavy atom. The normalized spacial score (nSPS) is 10.6. The molecular weight excluding hydrogens is 107 g/mol. The van der Waals surface area contributed by atoms with Crippen LogP contribution in [-0.4, -0.2) is 4.86 Å². The maximum atomic E-state index is 3.08. The zero-order valence-electron chi connectivity index (χ0n) is 4.47. The summed E-state index contributed by atoms with van der Waals surface area (Å²) in [5, 5.41) is 0. The molecule has 2 nitrogen and oxygen atoms in total. The van der Waals surface area contributed by atoms with E-state index in [0.717, 1.165) is 0 Å². The molecule has 0 bridgehead atoms. The van der Waals surface area contributed by atoms with Crippen LogP contribution >= 0.6 is 8.35 Å². The minimum atomic E-state index is 1.19. The summed E-state index contributed by atoms with van der Waals surface area (Å²) >= 11 is 0. The van der Waals surface area contributed by atoms with E-state index in [1.54, 1.807) is 0 Å². The first kappa shape index (κ1) is 4.79. The van der Waals surface area contributed by atoms with Crippen LogP contribution in [0, 0.1) is 6.92 Å². The van der Waals surface area contributed by atoms with Crippen LogP contribution in [0.2, 0.25) is 0 Å². The molecular formula is C4H8N2P+. The van der Waals surface area contributed by atoms with Crippen molar-refractivity contribution in [1.29, 1.82) is 0 Å². The summed E-state index contributed by atoms with van der Waals surface area (Å²) in [6.45, 7) is 2.08. The Kier molecular flexibility index (Phi) is 1.11. The molecule has 0 aliphatic heterocycles. The summed E-state index contributed by atoms with van der Waals surface area (Å²) in [4.78, 5) is 3.08. The van der Waals surface area contributed by atoms with Gasteiger partial charge >= 0.3 is 0 Å². The highest BCUT2D eigenvalue weighted by Crippen LogP contribution is 1.95. The lowest BCUT2D eigenvalue weighted by Gasteiger charge is -1.74. The standard InChI is InChI=1S/C4H7N2P/c1-4-3-7-5-6(4)2/h3H,1-2H3/p+1. The van der Waals surface area contributed by atoms with Crippen molar-refractivity contribution in [1.82, 2.24) is 4.86 Å². The number of aromatic nitrogens is 2. The highest BCUT2D eigenvalue weighted by molar-refractivity contribution is 7.24. The molecule has 0 aliphatic rings. The molecule has 1 rings (SSSR count). The molecule has 1 heterocycles. The summed E-state index contributed by atoms with van der Waals surface area (Å²) in [6.07, 6.45) is 0. The van der Waals surface area contributed by atoms with Crippen LogP contribution in [-0.2, 0) is 7.05 Å². The molecule has 0 unspecified atom stereocenters. The lowest BCUT2D eigenvalue weighted by atomic mass is 10.6. The van der Waals surface area contributed by atoms with Crippen molar-refractivity contribution in [3.8, 4) is 0 Å². The lowest BCUT2D eigenvalue weighted by molar-refractivity contribution is -0.728. The van der Waals surface area contributed by atoms with E-state index in [4.69, 9.17) is 0 Å². The molecule has 0 saturated carbocycles. The number of hydrogen-bond donors (Lipinski definition) is 1. The summed E-state index contributed by atoms with van der Waals surface area (Å²) in [5.41, 5.74) is 1.29. The van der Waals surface area contributed by atoms with Gasteiger partial charge in [0.1, 0.15) is 0 Å². The largest absolute Gasteiger partial charge is 0.209 e. The van der Waals surface area contributed by atoms with Gasteiger partial charge in [0.05, 0.1) is 14.1 Å². The Labute approximate surface area is 44.3 Å². The summed E-state index contributed by atoms with van der Waals surface area (Å²) in [7, 11) is 3.20. The van der Waals surface area contributed by atoms with E-state index in [0.29, 0.717) is 0 Å². The molecule has 3 heteroatoms. The summed E-state index contributed by atoms with van der Waals surface area (Å²) in [6, 6.07) is 0. The molecule has 0 amide bonds. The highest BCUT2D eigenvalue weighted by Gasteiger charge is 1.95. The van der Waals surface area contributed by atoms with Crippen LogP contribution < -0.4 is 4.68 Å². The Morgan fingerprint density at radius 3 is 2.71 bits per heavy atom. The predicted molar refractivity (Wildman–Crippen MR) is 29.2 cm³/mol. The van der Waals surface area contributed by atoms with E-state index in [1.807, 2.05) is 11.7 Å². The Balaban J connectivity index is 3.12. The maximum Gasteiger partial charge on any atom is 0.209 e. The minimum absolute atomic E-state index is 1.19. The van der Waals surface area contributed by atoms with E-state index < -0.39 is 0 Å². The molecule has 0 aromatic carbocycles. The monoisotopic (exact) mass is 115 g/mol. The van der Waals surface area contributed by atoms with E-state index in [2.05, 4.69) is 17.6 Å². The number of rotatable bonds is 0. The molecule has 7 heavy (non-hydrogen) atoms. The number of aryl methyl sites for hydroxylation is 2. The average molecular weight is 115 g/mol. The van der Waals surface area contributed by atoms with Crippen molar-refractivity contribution < 1.29 is 4.68 Å². The molecule has 0 spiro atoms. The van der Waals surface area contributed by atoms with Crippen molar-refractivity contribution in [2.75, 3.05) is 0 Å². The number of aromatic amines is 1. The Bertz CT molecular complexity index is 142. The lowest BCUT2D eigenvalue weighted by Crippen LogP contribution is -2.31. The summed E-state index contributed by atoms with van der Waals surface area (Å²) < 4.78 is 2.00. The van der Waals surface area contributed by atoms with Crippen LogP contribution in [0.1, 0.15) is 5.69 Å². The van der Waals surface area contributed by atoms with Gasteiger partial charge in [0.2, 0.25) is 5.69 Å². The number of nitrogens with zero attached hydrogens (tertiary/aromatic N) is 1. The van der Waals surface area contributed by atoms with E-state index in [-0.39, 0.29) is 0 Å². The highest BCUT2D eigenvalue weighted by atomic mass is 31.0. The third-order valence-corrected chi connectivity index (χ3v) is 1.91. The first-order chi connectivity index (χ1) is 3.30. The second kappa shape index (κ2) is 1.63. The van der Waals surface area contributed by atoms with Crippen LogP contribution in [0.15, 0.2) is 5.80 Å². The molecule has 0 fully saturated rings. The van der Waals surface area contributed by atoms with Crippen LogP contribution in [0.5, 0.6) is 0 Å². The number of H-pyrrole nitrogens is 1. The smallest absolute Gasteiger partial charge is 0.149 e. The van der Waals surface area contributed by atoms with Gasteiger partial charge in [-0.1, -0.05) is 0 Å². The SMILES string of the molecule is Cc1cp[nH][n+]1C. The fourth-order valence-corrected chi connectivity index (χ4v) is 1.12. The van der Waals surface area contributed by atoms with Gasteiger partial charge in [0.25, 0.3) is 0 Å². The average Bonchev–Trinajstić information content (AvgIpc) is 1.91. The Hall–Kier alpha value is -0.360. The van der Waals surface area contributed by atoms with Crippen LogP contribution in [0.25, 0.3) is 0 Å². The molecule has 1 aromatic rings. The van der Waals surface area contributed by atoms with Gasteiger partial charge in [-0.05, 0) is 0 Å². The van der Waals surface area contributed by atoms with E-state index in [9.17, 15) is 0 Å². The van der Waals surface area contributed by atoms with Crippen LogP contribution in [0.3, 0.4) is 0 Å². The quantitative estimate of drug-likeness (QED) is 0.481. The van der Waals surface area contributed by atoms with Crippen molar-refractivity contribution in [3.63, 3.8) is 0 Å². The molecule has 0 aliphatic carbocycles. The zero-order valence-corrected chi connectivity index (χ0v) is 5.37. The summed E-state index contributed by atoms with van der Waals surface area (Å²) in [5.74, 6) is 2.12. The second-order valence-electron chi connectivity index (χ2n) is 1.56. The van der Waals surface area contributed by atoms with Crippen LogP contribution in [0.4, 0.5) is 0 Å². The number of nitrogens with one attached hydrogen (secondary N) is 1. The fourth-order valence-electron chi connectivity index (χ4n) is 0.374. The van der Waals surface area contributed by atoms with Gasteiger partial charge in [-0.2, -0.15) is 0 Å². The van der Waals surface area contributed by atoms with Crippen molar-refractivity contribution >= 4 is 8.35 Å². The van der Waals surface area contributed by atoms with Crippen molar-refractivity contribution in [2.24, 2.45) is 7.05 Å². The molecule has 38 valence electrons. The van der Waals surface area contributed by atoms with Gasteiger partial charge in [-0.15, -0.1) is 9.54 Å². The van der Waals surface area contributed by atoms with Gasteiger partial charge in [-0.25, -0.2) is 0 Å². The topological polar surface area (TPSA) is 19.7 Å². The fraction of sp³-hybridized carbons (Fsp3) is 0.500. The molecule has 0 radical (unpaired) electrons. The van der Waals surface area contributed by atoms with Gasteiger partial charge in [0.15, 0.2) is 7.05 Å². The maximum absolute atomic E-state index is 3.08. The number of hydrogen-bond acceptors (Lipinski definition) is 0. The van der Waals surface area contributed by atoms with E-state index in [1.165, 1.54) is 14.0 Å². The second-order valence-corrected chi connectivity index (χ2v) is 2.27. The molecule has 0 atom stereocenters. The molecule has 0 saturated heterocycles. The first-order valence-electron chi connectivity index (χ1n) is 2.16. The third kappa shape index (κ3) is 0.804. The first-order valence-corrected chi connectivity index (χ1v) is 3.13. The van der Waals surface area contributed by atoms with Gasteiger partial charge in [-0.3, -0.25) is 0 Å². The van der Waals surface area contributed by atoms with Crippen molar-refractivity contribution in [3.05, 3.63) is 11.5 Å². The molecule has 1 aromatic heterocycles. The third-order valence-electron chi connectivity index (χ3n) is 0.988. The zero-order chi connectivity index (χ0) is 5.28.